The Kier molecular flexibility index (Phi) is 5.16. The van der Waals surface area contributed by atoms with Crippen molar-refractivity contribution in [3.63, 3.8) is 0 Å². The predicted molar refractivity (Wildman–Crippen MR) is 57.4 cm³/mol. The lowest BCUT2D eigenvalue weighted by molar-refractivity contribution is 0.506. The van der Waals surface area contributed by atoms with Gasteiger partial charge in [0.2, 0.25) is 0 Å². The van der Waals surface area contributed by atoms with Crippen LogP contribution in [0.4, 0.5) is 19.0 Å². The summed E-state index contributed by atoms with van der Waals surface area (Å²) in [6.45, 7) is 0. The molecule has 0 saturated carbocycles. The molecule has 1 aromatic carbocycles. The average molecular weight is 272 g/mol. The van der Waals surface area contributed by atoms with Gasteiger partial charge in [0.15, 0.2) is 23.3 Å². The van der Waals surface area contributed by atoms with Crippen LogP contribution in [0.5, 0.6) is 0 Å². The van der Waals surface area contributed by atoms with Crippen LogP contribution in [-0.4, -0.2) is 15.7 Å². The first kappa shape index (κ1) is 15.4. The fraction of sp³-hybridized carbons (Fsp3) is 0. The Morgan fingerprint density at radius 3 is 2.12 bits per heavy atom. The Hall–Kier alpha value is -1.55. The van der Waals surface area contributed by atoms with Crippen molar-refractivity contribution in [1.29, 1.82) is 0 Å². The van der Waals surface area contributed by atoms with Gasteiger partial charge in [0.25, 0.3) is 0 Å². The van der Waals surface area contributed by atoms with Gasteiger partial charge in [0, 0.05) is 0 Å². The average Bonchev–Trinajstić information content (AvgIpc) is 2.68. The van der Waals surface area contributed by atoms with Crippen molar-refractivity contribution in [2.45, 2.75) is 0 Å². The second-order valence-corrected chi connectivity index (χ2v) is 2.99. The van der Waals surface area contributed by atoms with Crippen LogP contribution in [-0.2, 0) is 0 Å². The predicted octanol–water partition coefficient (Wildman–Crippen LogP) is 0.210. The molecule has 0 bridgehead atoms. The van der Waals surface area contributed by atoms with Crippen LogP contribution in [0, 0.1) is 17.5 Å². The van der Waals surface area contributed by atoms with Crippen LogP contribution < -0.4 is 17.4 Å². The highest BCUT2D eigenvalue weighted by Gasteiger charge is 2.22. The maximum Gasteiger partial charge on any atom is 0.181 e. The number of fused-ring (bicyclic) bond motifs is 1. The molecule has 0 unspecified atom stereocenters. The third-order valence-corrected chi connectivity index (χ3v) is 2.14. The second kappa shape index (κ2) is 5.68. The lowest BCUT2D eigenvalue weighted by Crippen LogP contribution is -2.02. The quantitative estimate of drug-likeness (QED) is 0.235. The number of aromatic amines is 1. The molecule has 17 heavy (non-hydrogen) atoms. The molecule has 96 valence electrons. The van der Waals surface area contributed by atoms with Crippen LogP contribution in [0.25, 0.3) is 10.9 Å². The van der Waals surface area contributed by atoms with Gasteiger partial charge in [0.05, 0.1) is 5.39 Å². The summed E-state index contributed by atoms with van der Waals surface area (Å²) in [5.41, 5.74) is 4.86. The Balaban J connectivity index is 0.000000811. The van der Waals surface area contributed by atoms with Gasteiger partial charge in [-0.25, -0.2) is 13.2 Å². The third-order valence-electron chi connectivity index (χ3n) is 1.81. The number of nitrogens with one attached hydrogen (secondary N) is 1. The normalized spacial score (nSPS) is 9.53. The summed E-state index contributed by atoms with van der Waals surface area (Å²) in [4.78, 5) is 0. The molecule has 0 aliphatic rings. The standard InChI is InChI=1S/C7H3ClF3N3.H4N2.H2O/c8-2-4(10)3(9)1-6(5(2)11)13-14-7(1)12;1-2;/h(H3,12,13,14);1-2H2;1H2. The second-order valence-electron chi connectivity index (χ2n) is 2.61. The van der Waals surface area contributed by atoms with Crippen molar-refractivity contribution in [3.8, 4) is 0 Å². The molecule has 10 heteroatoms. The number of anilines is 1. The smallest absolute Gasteiger partial charge is 0.181 e. The minimum Gasteiger partial charge on any atom is -0.412 e. The molecule has 1 aromatic heterocycles. The number of nitrogens with zero attached hydrogens (tertiary/aromatic N) is 1. The van der Waals surface area contributed by atoms with Crippen molar-refractivity contribution < 1.29 is 18.6 Å². The number of hydrazine groups is 1. The van der Waals surface area contributed by atoms with Gasteiger partial charge >= 0.3 is 0 Å². The van der Waals surface area contributed by atoms with Crippen molar-refractivity contribution in [2.24, 2.45) is 11.7 Å². The summed E-state index contributed by atoms with van der Waals surface area (Å²) < 4.78 is 39.3. The number of H-pyrrole nitrogens is 1. The maximum atomic E-state index is 13.2. The minimum atomic E-state index is -1.47. The molecule has 2 rings (SSSR count). The van der Waals surface area contributed by atoms with Gasteiger partial charge < -0.3 is 11.2 Å². The fourth-order valence-electron chi connectivity index (χ4n) is 1.15. The van der Waals surface area contributed by atoms with E-state index in [9.17, 15) is 13.2 Å². The van der Waals surface area contributed by atoms with E-state index >= 15 is 0 Å². The summed E-state index contributed by atoms with van der Waals surface area (Å²) in [5, 5.41) is 4.13. The van der Waals surface area contributed by atoms with E-state index in [0.717, 1.165) is 0 Å². The van der Waals surface area contributed by atoms with Gasteiger partial charge in [-0.3, -0.25) is 16.8 Å². The van der Waals surface area contributed by atoms with E-state index in [0.29, 0.717) is 0 Å². The lowest BCUT2D eigenvalue weighted by atomic mass is 10.2. The molecule has 0 saturated heterocycles. The molecule has 0 spiro atoms. The van der Waals surface area contributed by atoms with Gasteiger partial charge in [-0.05, 0) is 0 Å². The first-order valence-electron chi connectivity index (χ1n) is 3.83. The van der Waals surface area contributed by atoms with E-state index in [2.05, 4.69) is 21.9 Å². The number of rotatable bonds is 0. The number of aromatic nitrogens is 2. The van der Waals surface area contributed by atoms with Crippen molar-refractivity contribution in [3.05, 3.63) is 22.5 Å². The van der Waals surface area contributed by atoms with Crippen LogP contribution >= 0.6 is 11.6 Å². The Labute approximate surface area is 97.8 Å². The van der Waals surface area contributed by atoms with Crippen LogP contribution in [0.3, 0.4) is 0 Å². The number of nitrogen functional groups attached to an aromatic ring is 1. The Morgan fingerprint density at radius 1 is 1.06 bits per heavy atom. The summed E-state index contributed by atoms with van der Waals surface area (Å²) >= 11 is 5.19. The summed E-state index contributed by atoms with van der Waals surface area (Å²) in [6, 6.07) is 0. The highest BCUT2D eigenvalue weighted by molar-refractivity contribution is 6.31. The highest BCUT2D eigenvalue weighted by atomic mass is 35.5. The first-order valence-corrected chi connectivity index (χ1v) is 4.20. The highest BCUT2D eigenvalue weighted by Crippen LogP contribution is 2.31. The lowest BCUT2D eigenvalue weighted by Gasteiger charge is -2.00. The zero-order valence-corrected chi connectivity index (χ0v) is 8.95. The summed E-state index contributed by atoms with van der Waals surface area (Å²) in [5.74, 6) is 3.80. The molecule has 0 aliphatic heterocycles. The third kappa shape index (κ3) is 2.26. The molecule has 0 radical (unpaired) electrons. The zero-order valence-electron chi connectivity index (χ0n) is 8.19. The molecule has 2 aromatic rings. The van der Waals surface area contributed by atoms with Crippen LogP contribution in [0.2, 0.25) is 5.02 Å². The molecule has 9 N–H and O–H groups in total. The number of halogens is 4. The van der Waals surface area contributed by atoms with Crippen LogP contribution in [0.15, 0.2) is 0 Å². The number of hydrogen-bond acceptors (Lipinski definition) is 4. The van der Waals surface area contributed by atoms with E-state index in [1.807, 2.05) is 0 Å². The molecule has 0 aliphatic carbocycles. The number of hydrogen-bond donors (Lipinski definition) is 4. The monoisotopic (exact) mass is 271 g/mol. The topological polar surface area (TPSA) is 138 Å². The molecule has 0 amide bonds. The molecule has 0 atom stereocenters. The van der Waals surface area contributed by atoms with Gasteiger partial charge in [-0.2, -0.15) is 5.10 Å². The molecule has 1 heterocycles. The maximum absolute atomic E-state index is 13.2. The van der Waals surface area contributed by atoms with Gasteiger partial charge in [0.1, 0.15) is 10.5 Å². The number of nitrogens with two attached hydrogens (primary N) is 3. The largest absolute Gasteiger partial charge is 0.412 e. The molecule has 6 nitrogen and oxygen atoms in total. The zero-order chi connectivity index (χ0) is 12.5. The Bertz CT molecular complexity index is 532. The van der Waals surface area contributed by atoms with E-state index in [1.54, 1.807) is 0 Å². The van der Waals surface area contributed by atoms with E-state index in [1.165, 1.54) is 0 Å². The van der Waals surface area contributed by atoms with E-state index in [-0.39, 0.29) is 16.8 Å². The SMILES string of the molecule is NN.Nc1n[nH]c2c(F)c(Cl)c(F)c(F)c12.O. The van der Waals surface area contributed by atoms with E-state index < -0.39 is 27.9 Å². The van der Waals surface area contributed by atoms with Gasteiger partial charge in [-0.1, -0.05) is 11.6 Å². The van der Waals surface area contributed by atoms with E-state index in [4.69, 9.17) is 17.3 Å². The van der Waals surface area contributed by atoms with Crippen molar-refractivity contribution in [2.75, 3.05) is 5.73 Å². The molecular formula is C7H9ClF3N5O. The van der Waals surface area contributed by atoms with Crippen molar-refractivity contribution >= 4 is 28.3 Å². The van der Waals surface area contributed by atoms with Gasteiger partial charge in [-0.15, -0.1) is 0 Å². The van der Waals surface area contributed by atoms with Crippen molar-refractivity contribution in [1.82, 2.24) is 10.2 Å². The number of benzene rings is 1. The summed E-state index contributed by atoms with van der Waals surface area (Å²) in [7, 11) is 0. The minimum absolute atomic E-state index is 0. The first-order chi connectivity index (χ1) is 7.54. The summed E-state index contributed by atoms with van der Waals surface area (Å²) in [6.07, 6.45) is 0. The fourth-order valence-corrected chi connectivity index (χ4v) is 1.33. The molecular weight excluding hydrogens is 263 g/mol. The van der Waals surface area contributed by atoms with Crippen LogP contribution in [0.1, 0.15) is 0 Å². The molecule has 0 fully saturated rings. The Morgan fingerprint density at radius 2 is 1.59 bits per heavy atom.